The van der Waals surface area contributed by atoms with Crippen LogP contribution in [-0.4, -0.2) is 13.2 Å². The molecule has 0 amide bonds. The molecule has 2 heterocycles. The normalized spacial score (nSPS) is 16.4. The Labute approximate surface area is 110 Å². The third kappa shape index (κ3) is 1.76. The van der Waals surface area contributed by atoms with Gasteiger partial charge in [0.1, 0.15) is 13.2 Å². The van der Waals surface area contributed by atoms with Crippen molar-refractivity contribution in [3.63, 3.8) is 0 Å². The van der Waals surface area contributed by atoms with E-state index in [0.29, 0.717) is 13.2 Å². The summed E-state index contributed by atoms with van der Waals surface area (Å²) in [5, 5.41) is 0. The Morgan fingerprint density at radius 2 is 1.42 bits per heavy atom. The van der Waals surface area contributed by atoms with Crippen LogP contribution in [0, 0.1) is 0 Å². The first-order chi connectivity index (χ1) is 9.40. The molecule has 0 spiro atoms. The van der Waals surface area contributed by atoms with E-state index in [4.69, 9.17) is 18.9 Å². The molecule has 0 N–H and O–H groups in total. The Balaban J connectivity index is 1.64. The summed E-state index contributed by atoms with van der Waals surface area (Å²) in [6, 6.07) is 13.4. The molecule has 4 rings (SSSR count). The maximum Gasteiger partial charge on any atom is 0.268 e. The number of ether oxygens (including phenoxy) is 4. The molecule has 0 unspecified atom stereocenters. The molecular weight excluding hydrogens is 244 g/mol. The molecule has 2 aromatic carbocycles. The summed E-state index contributed by atoms with van der Waals surface area (Å²) in [6.45, 7) is 1.16. The van der Waals surface area contributed by atoms with Gasteiger partial charge in [0.25, 0.3) is 6.29 Å². The van der Waals surface area contributed by atoms with E-state index in [1.807, 2.05) is 42.5 Å². The number of fused-ring (bicyclic) bond motifs is 2. The summed E-state index contributed by atoms with van der Waals surface area (Å²) in [5.74, 6) is 3.04. The first-order valence-corrected chi connectivity index (χ1v) is 6.22. The molecule has 4 heteroatoms. The van der Waals surface area contributed by atoms with E-state index < -0.39 is 6.29 Å². The second-order valence-electron chi connectivity index (χ2n) is 4.42. The first kappa shape index (κ1) is 10.6. The lowest BCUT2D eigenvalue weighted by Gasteiger charge is -2.20. The molecule has 2 aliphatic rings. The average Bonchev–Trinajstić information content (AvgIpc) is 2.90. The van der Waals surface area contributed by atoms with Crippen LogP contribution in [-0.2, 0) is 0 Å². The van der Waals surface area contributed by atoms with Crippen molar-refractivity contribution in [2.24, 2.45) is 0 Å². The number of hydrogen-bond acceptors (Lipinski definition) is 4. The van der Waals surface area contributed by atoms with Crippen molar-refractivity contribution in [1.29, 1.82) is 0 Å². The lowest BCUT2D eigenvalue weighted by molar-refractivity contribution is 0.0481. The van der Waals surface area contributed by atoms with E-state index in [2.05, 4.69) is 0 Å². The molecule has 0 bridgehead atoms. The third-order valence-electron chi connectivity index (χ3n) is 3.16. The highest BCUT2D eigenvalue weighted by Gasteiger charge is 2.26. The molecule has 2 aliphatic heterocycles. The molecule has 0 atom stereocenters. The van der Waals surface area contributed by atoms with E-state index in [9.17, 15) is 0 Å². The van der Waals surface area contributed by atoms with Gasteiger partial charge < -0.3 is 18.9 Å². The van der Waals surface area contributed by atoms with E-state index in [1.54, 1.807) is 0 Å². The predicted molar refractivity (Wildman–Crippen MR) is 67.9 cm³/mol. The summed E-state index contributed by atoms with van der Waals surface area (Å²) in [5.41, 5.74) is 0.917. The lowest BCUT2D eigenvalue weighted by Crippen LogP contribution is -2.16. The van der Waals surface area contributed by atoms with Crippen LogP contribution < -0.4 is 18.9 Å². The predicted octanol–water partition coefficient (Wildman–Crippen LogP) is 2.93. The largest absolute Gasteiger partial charge is 0.486 e. The molecule has 0 aliphatic carbocycles. The molecule has 0 radical (unpaired) electrons. The second kappa shape index (κ2) is 4.09. The maximum absolute atomic E-state index is 5.77. The molecule has 0 saturated carbocycles. The van der Waals surface area contributed by atoms with Gasteiger partial charge in [-0.05, 0) is 30.3 Å². The van der Waals surface area contributed by atoms with Gasteiger partial charge in [0.05, 0.1) is 0 Å². The van der Waals surface area contributed by atoms with Crippen molar-refractivity contribution in [2.75, 3.05) is 13.2 Å². The van der Waals surface area contributed by atoms with Gasteiger partial charge in [0.2, 0.25) is 0 Å². The fourth-order valence-electron chi connectivity index (χ4n) is 2.24. The van der Waals surface area contributed by atoms with Crippen molar-refractivity contribution >= 4 is 0 Å². The highest BCUT2D eigenvalue weighted by atomic mass is 16.7. The fourth-order valence-corrected chi connectivity index (χ4v) is 2.24. The van der Waals surface area contributed by atoms with Gasteiger partial charge in [-0.1, -0.05) is 12.1 Å². The number of para-hydroxylation sites is 2. The van der Waals surface area contributed by atoms with Crippen LogP contribution in [0.5, 0.6) is 23.0 Å². The molecule has 4 nitrogen and oxygen atoms in total. The number of benzene rings is 2. The smallest absolute Gasteiger partial charge is 0.268 e. The highest BCUT2D eigenvalue weighted by Crippen LogP contribution is 2.41. The van der Waals surface area contributed by atoms with Crippen molar-refractivity contribution in [3.05, 3.63) is 48.0 Å². The van der Waals surface area contributed by atoms with E-state index in [0.717, 1.165) is 28.6 Å². The van der Waals surface area contributed by atoms with Crippen LogP contribution in [0.2, 0.25) is 0 Å². The van der Waals surface area contributed by atoms with Gasteiger partial charge in [-0.2, -0.15) is 0 Å². The Bertz CT molecular complexity index is 598. The van der Waals surface area contributed by atoms with Gasteiger partial charge in [0, 0.05) is 5.56 Å². The van der Waals surface area contributed by atoms with Crippen molar-refractivity contribution in [3.8, 4) is 23.0 Å². The monoisotopic (exact) mass is 256 g/mol. The SMILES string of the molecule is c1ccc2c(c1)OC(c1ccc3c(c1)OCCO3)O2. The summed E-state index contributed by atoms with van der Waals surface area (Å²) in [7, 11) is 0. The van der Waals surface area contributed by atoms with Crippen molar-refractivity contribution < 1.29 is 18.9 Å². The highest BCUT2D eigenvalue weighted by molar-refractivity contribution is 5.47. The quantitative estimate of drug-likeness (QED) is 0.786. The van der Waals surface area contributed by atoms with E-state index >= 15 is 0 Å². The van der Waals surface area contributed by atoms with E-state index in [1.165, 1.54) is 0 Å². The Morgan fingerprint density at radius 1 is 0.737 bits per heavy atom. The van der Waals surface area contributed by atoms with Crippen LogP contribution in [0.25, 0.3) is 0 Å². The van der Waals surface area contributed by atoms with Gasteiger partial charge in [-0.3, -0.25) is 0 Å². The van der Waals surface area contributed by atoms with Gasteiger partial charge in [-0.15, -0.1) is 0 Å². The van der Waals surface area contributed by atoms with Gasteiger partial charge in [-0.25, -0.2) is 0 Å². The molecule has 0 aromatic heterocycles. The van der Waals surface area contributed by atoms with E-state index in [-0.39, 0.29) is 0 Å². The second-order valence-corrected chi connectivity index (χ2v) is 4.42. The summed E-state index contributed by atoms with van der Waals surface area (Å²) in [6.07, 6.45) is -0.423. The molecular formula is C15H12O4. The number of hydrogen-bond donors (Lipinski definition) is 0. The Morgan fingerprint density at radius 3 is 2.16 bits per heavy atom. The summed E-state index contributed by atoms with van der Waals surface area (Å²) >= 11 is 0. The van der Waals surface area contributed by atoms with Crippen LogP contribution in [0.3, 0.4) is 0 Å². The minimum Gasteiger partial charge on any atom is -0.486 e. The zero-order valence-electron chi connectivity index (χ0n) is 10.2. The maximum atomic E-state index is 5.77. The minimum absolute atomic E-state index is 0.423. The lowest BCUT2D eigenvalue weighted by atomic mass is 10.2. The van der Waals surface area contributed by atoms with Crippen LogP contribution in [0.1, 0.15) is 11.9 Å². The van der Waals surface area contributed by atoms with Crippen LogP contribution >= 0.6 is 0 Å². The molecule has 0 saturated heterocycles. The van der Waals surface area contributed by atoms with Crippen LogP contribution in [0.15, 0.2) is 42.5 Å². The van der Waals surface area contributed by atoms with Crippen LogP contribution in [0.4, 0.5) is 0 Å². The average molecular weight is 256 g/mol. The molecule has 19 heavy (non-hydrogen) atoms. The minimum atomic E-state index is -0.423. The third-order valence-corrected chi connectivity index (χ3v) is 3.16. The van der Waals surface area contributed by atoms with Gasteiger partial charge >= 0.3 is 0 Å². The van der Waals surface area contributed by atoms with Crippen molar-refractivity contribution in [2.45, 2.75) is 6.29 Å². The molecule has 2 aromatic rings. The number of rotatable bonds is 1. The zero-order valence-corrected chi connectivity index (χ0v) is 10.2. The summed E-state index contributed by atoms with van der Waals surface area (Å²) < 4.78 is 22.6. The Hall–Kier alpha value is -2.36. The molecule has 96 valence electrons. The zero-order chi connectivity index (χ0) is 12.7. The summed E-state index contributed by atoms with van der Waals surface area (Å²) in [4.78, 5) is 0. The fraction of sp³-hybridized carbons (Fsp3) is 0.200. The molecule has 0 fully saturated rings. The first-order valence-electron chi connectivity index (χ1n) is 6.22. The topological polar surface area (TPSA) is 36.9 Å². The standard InChI is InChI=1S/C15H12O4/c1-2-4-13-12(3-1)18-15(19-13)10-5-6-11-14(9-10)17-8-7-16-11/h1-6,9,15H,7-8H2. The van der Waals surface area contributed by atoms with Gasteiger partial charge in [0.15, 0.2) is 23.0 Å². The van der Waals surface area contributed by atoms with Crippen molar-refractivity contribution in [1.82, 2.24) is 0 Å². The Kier molecular flexibility index (Phi) is 2.27.